The molecule has 3 rings (SSSR count). The van der Waals surface area contributed by atoms with Gasteiger partial charge in [-0.2, -0.15) is 0 Å². The summed E-state index contributed by atoms with van der Waals surface area (Å²) in [5.41, 5.74) is 2.62. The van der Waals surface area contributed by atoms with E-state index in [1.807, 2.05) is 6.07 Å². The summed E-state index contributed by atoms with van der Waals surface area (Å²) in [6.07, 6.45) is 0.749. The van der Waals surface area contributed by atoms with Crippen LogP contribution in [0.3, 0.4) is 0 Å². The Bertz CT molecular complexity index is 792. The molecule has 1 heterocycles. The molecule has 0 aromatic heterocycles. The van der Waals surface area contributed by atoms with Gasteiger partial charge in [-0.15, -0.1) is 0 Å². The van der Waals surface area contributed by atoms with Gasteiger partial charge in [-0.05, 0) is 47.9 Å². The summed E-state index contributed by atoms with van der Waals surface area (Å²) in [7, 11) is 3.09. The molecule has 0 radical (unpaired) electrons. The van der Waals surface area contributed by atoms with E-state index in [1.54, 1.807) is 38.5 Å². The number of halogens is 1. The molecule has 0 saturated carbocycles. The van der Waals surface area contributed by atoms with Gasteiger partial charge in [0.15, 0.2) is 11.5 Å². The third kappa shape index (κ3) is 3.74. The summed E-state index contributed by atoms with van der Waals surface area (Å²) in [5.74, 6) is 0.543. The highest BCUT2D eigenvalue weighted by molar-refractivity contribution is 5.92. The molecule has 0 bridgehead atoms. The summed E-state index contributed by atoms with van der Waals surface area (Å²) in [4.78, 5) is 12.3. The number of methoxy groups -OCH3 is 2. The number of rotatable bonds is 5. The Morgan fingerprint density at radius 1 is 1.20 bits per heavy atom. The van der Waals surface area contributed by atoms with Crippen LogP contribution in [0.15, 0.2) is 30.3 Å². The van der Waals surface area contributed by atoms with E-state index in [2.05, 4.69) is 10.6 Å². The molecule has 0 spiro atoms. The van der Waals surface area contributed by atoms with Crippen molar-refractivity contribution in [2.45, 2.75) is 19.4 Å². The zero-order valence-electron chi connectivity index (χ0n) is 14.3. The second-order valence-corrected chi connectivity index (χ2v) is 5.91. The SMILES string of the molecule is COc1ccc(CC(=O)Nc2ccc3c(c2F)CCNC3)cc1OC. The van der Waals surface area contributed by atoms with Crippen molar-refractivity contribution in [1.82, 2.24) is 5.32 Å². The summed E-state index contributed by atoms with van der Waals surface area (Å²) >= 11 is 0. The van der Waals surface area contributed by atoms with Crippen molar-refractivity contribution in [3.8, 4) is 11.5 Å². The number of amides is 1. The van der Waals surface area contributed by atoms with Crippen molar-refractivity contribution >= 4 is 11.6 Å². The van der Waals surface area contributed by atoms with Crippen LogP contribution < -0.4 is 20.1 Å². The highest BCUT2D eigenvalue weighted by atomic mass is 19.1. The Morgan fingerprint density at radius 3 is 2.76 bits per heavy atom. The fourth-order valence-corrected chi connectivity index (χ4v) is 3.00. The Labute approximate surface area is 146 Å². The van der Waals surface area contributed by atoms with Crippen LogP contribution in [-0.2, 0) is 24.2 Å². The monoisotopic (exact) mass is 344 g/mol. The summed E-state index contributed by atoms with van der Waals surface area (Å²) in [6, 6.07) is 8.75. The van der Waals surface area contributed by atoms with E-state index in [1.165, 1.54) is 0 Å². The maximum absolute atomic E-state index is 14.6. The Balaban J connectivity index is 1.73. The van der Waals surface area contributed by atoms with Gasteiger partial charge in [0.25, 0.3) is 0 Å². The second-order valence-electron chi connectivity index (χ2n) is 5.91. The molecule has 1 aliphatic rings. The molecule has 132 valence electrons. The third-order valence-electron chi connectivity index (χ3n) is 4.29. The van der Waals surface area contributed by atoms with Crippen LogP contribution >= 0.6 is 0 Å². The predicted molar refractivity (Wildman–Crippen MR) is 93.7 cm³/mol. The lowest BCUT2D eigenvalue weighted by atomic mass is 9.99. The molecule has 1 amide bonds. The number of benzene rings is 2. The van der Waals surface area contributed by atoms with Crippen molar-refractivity contribution in [3.05, 3.63) is 52.8 Å². The Kier molecular flexibility index (Phi) is 5.19. The standard InChI is InChI=1S/C19H21FN2O3/c1-24-16-6-3-12(9-17(16)25-2)10-18(23)22-15-5-4-13-11-21-8-7-14(13)19(15)20/h3-6,9,21H,7-8,10-11H2,1-2H3,(H,22,23). The Morgan fingerprint density at radius 2 is 2.00 bits per heavy atom. The number of carbonyl (C=O) groups excluding carboxylic acids is 1. The molecule has 0 saturated heterocycles. The number of anilines is 1. The fraction of sp³-hybridized carbons (Fsp3) is 0.316. The maximum Gasteiger partial charge on any atom is 0.228 e. The van der Waals surface area contributed by atoms with Crippen LogP contribution in [0.2, 0.25) is 0 Å². The van der Waals surface area contributed by atoms with Gasteiger partial charge in [0.2, 0.25) is 5.91 Å². The zero-order valence-corrected chi connectivity index (χ0v) is 14.3. The van der Waals surface area contributed by atoms with Crippen LogP contribution in [-0.4, -0.2) is 26.7 Å². The summed E-state index contributed by atoms with van der Waals surface area (Å²) in [6.45, 7) is 1.40. The van der Waals surface area contributed by atoms with Gasteiger partial charge in [0.05, 0.1) is 26.3 Å². The van der Waals surface area contributed by atoms with Crippen molar-refractivity contribution in [2.24, 2.45) is 0 Å². The van der Waals surface area contributed by atoms with Crippen molar-refractivity contribution < 1.29 is 18.7 Å². The van der Waals surface area contributed by atoms with Gasteiger partial charge < -0.3 is 20.1 Å². The zero-order chi connectivity index (χ0) is 17.8. The van der Waals surface area contributed by atoms with E-state index in [0.29, 0.717) is 30.0 Å². The van der Waals surface area contributed by atoms with Gasteiger partial charge in [0.1, 0.15) is 5.82 Å². The molecule has 25 heavy (non-hydrogen) atoms. The number of fused-ring (bicyclic) bond motifs is 1. The molecule has 5 nitrogen and oxygen atoms in total. The fourth-order valence-electron chi connectivity index (χ4n) is 3.00. The average molecular weight is 344 g/mol. The van der Waals surface area contributed by atoms with Crippen LogP contribution in [0.1, 0.15) is 16.7 Å². The predicted octanol–water partition coefficient (Wildman–Crippen LogP) is 2.67. The molecular formula is C19H21FN2O3. The van der Waals surface area contributed by atoms with Crippen molar-refractivity contribution in [3.63, 3.8) is 0 Å². The first-order valence-electron chi connectivity index (χ1n) is 8.14. The highest BCUT2D eigenvalue weighted by Gasteiger charge is 2.17. The van der Waals surface area contributed by atoms with Gasteiger partial charge in [0, 0.05) is 6.54 Å². The molecular weight excluding hydrogens is 323 g/mol. The summed E-state index contributed by atoms with van der Waals surface area (Å²) in [5, 5.41) is 5.87. The third-order valence-corrected chi connectivity index (χ3v) is 4.29. The first-order chi connectivity index (χ1) is 12.1. The molecule has 2 aromatic rings. The largest absolute Gasteiger partial charge is 0.493 e. The minimum atomic E-state index is -0.334. The van der Waals surface area contributed by atoms with Crippen molar-refractivity contribution in [2.75, 3.05) is 26.1 Å². The first-order valence-corrected chi connectivity index (χ1v) is 8.14. The Hall–Kier alpha value is -2.60. The molecule has 0 atom stereocenters. The maximum atomic E-state index is 14.6. The first kappa shape index (κ1) is 17.2. The van der Waals surface area contributed by atoms with E-state index in [0.717, 1.165) is 17.7 Å². The molecule has 2 aromatic carbocycles. The lowest BCUT2D eigenvalue weighted by molar-refractivity contribution is -0.115. The van der Waals surface area contributed by atoms with E-state index < -0.39 is 0 Å². The van der Waals surface area contributed by atoms with Crippen LogP contribution in [0.25, 0.3) is 0 Å². The van der Waals surface area contributed by atoms with Crippen LogP contribution in [0, 0.1) is 5.82 Å². The van der Waals surface area contributed by atoms with Crippen molar-refractivity contribution in [1.29, 1.82) is 0 Å². The molecule has 0 unspecified atom stereocenters. The molecule has 0 aliphatic carbocycles. The summed E-state index contributed by atoms with van der Waals surface area (Å²) < 4.78 is 25.0. The minimum Gasteiger partial charge on any atom is -0.493 e. The number of hydrogen-bond acceptors (Lipinski definition) is 4. The topological polar surface area (TPSA) is 59.6 Å². The van der Waals surface area contributed by atoms with E-state index in [-0.39, 0.29) is 23.8 Å². The number of carbonyl (C=O) groups is 1. The lowest BCUT2D eigenvalue weighted by Crippen LogP contribution is -2.25. The van der Waals surface area contributed by atoms with E-state index in [4.69, 9.17) is 9.47 Å². The number of hydrogen-bond donors (Lipinski definition) is 2. The highest BCUT2D eigenvalue weighted by Crippen LogP contribution is 2.28. The molecule has 0 fully saturated rings. The number of ether oxygens (including phenoxy) is 2. The lowest BCUT2D eigenvalue weighted by Gasteiger charge is -2.19. The van der Waals surface area contributed by atoms with E-state index >= 15 is 0 Å². The average Bonchev–Trinajstić information content (AvgIpc) is 2.64. The van der Waals surface area contributed by atoms with Crippen LogP contribution in [0.5, 0.6) is 11.5 Å². The van der Waals surface area contributed by atoms with E-state index in [9.17, 15) is 9.18 Å². The molecule has 1 aliphatic heterocycles. The second kappa shape index (κ2) is 7.53. The van der Waals surface area contributed by atoms with Gasteiger partial charge >= 0.3 is 0 Å². The number of nitrogens with one attached hydrogen (secondary N) is 2. The minimum absolute atomic E-state index is 0.123. The molecule has 6 heteroatoms. The normalized spacial score (nSPS) is 13.1. The molecule has 2 N–H and O–H groups in total. The quantitative estimate of drug-likeness (QED) is 0.876. The van der Waals surface area contributed by atoms with Gasteiger partial charge in [-0.25, -0.2) is 4.39 Å². The van der Waals surface area contributed by atoms with Gasteiger partial charge in [-0.3, -0.25) is 4.79 Å². The van der Waals surface area contributed by atoms with Crippen LogP contribution in [0.4, 0.5) is 10.1 Å². The van der Waals surface area contributed by atoms with Gasteiger partial charge in [-0.1, -0.05) is 12.1 Å². The smallest absolute Gasteiger partial charge is 0.228 e.